The molecule has 84 valence electrons. The Morgan fingerprint density at radius 1 is 1.18 bits per heavy atom. The van der Waals surface area contributed by atoms with Gasteiger partial charge in [0.2, 0.25) is 5.95 Å². The normalized spacial score (nSPS) is 9.59. The second-order valence-electron chi connectivity index (χ2n) is 3.37. The lowest BCUT2D eigenvalue weighted by Gasteiger charge is -2.03. The number of nitriles is 1. The second kappa shape index (κ2) is 5.56. The summed E-state index contributed by atoms with van der Waals surface area (Å²) < 4.78 is 0. The number of pyridine rings is 1. The molecule has 2 heterocycles. The van der Waals surface area contributed by atoms with Gasteiger partial charge in [-0.3, -0.25) is 4.98 Å². The topological polar surface area (TPSA) is 74.5 Å². The van der Waals surface area contributed by atoms with Crippen molar-refractivity contribution in [2.75, 3.05) is 11.9 Å². The molecular formula is C12H11N5. The summed E-state index contributed by atoms with van der Waals surface area (Å²) in [6.45, 7) is 0.558. The first kappa shape index (κ1) is 11.0. The third kappa shape index (κ3) is 2.98. The van der Waals surface area contributed by atoms with E-state index in [1.165, 1.54) is 0 Å². The molecule has 0 bridgehead atoms. The standard InChI is InChI=1S/C12H11N5/c13-4-2-6-15-12-16-8-11(9-17-12)10-3-1-5-14-7-10/h1,3,5,7-9H,2,6H2,(H,15,16,17). The number of hydrogen-bond acceptors (Lipinski definition) is 5. The van der Waals surface area contributed by atoms with Crippen LogP contribution in [0, 0.1) is 11.3 Å². The molecule has 17 heavy (non-hydrogen) atoms. The third-order valence-electron chi connectivity index (χ3n) is 2.17. The number of anilines is 1. The van der Waals surface area contributed by atoms with E-state index in [9.17, 15) is 0 Å². The maximum Gasteiger partial charge on any atom is 0.222 e. The van der Waals surface area contributed by atoms with Crippen LogP contribution in [0.15, 0.2) is 36.9 Å². The van der Waals surface area contributed by atoms with Crippen LogP contribution in [0.1, 0.15) is 6.42 Å². The molecule has 0 aromatic carbocycles. The molecule has 5 heteroatoms. The first-order chi connectivity index (χ1) is 8.40. The summed E-state index contributed by atoms with van der Waals surface area (Å²) in [5.74, 6) is 0.535. The molecule has 0 aliphatic rings. The van der Waals surface area contributed by atoms with Crippen molar-refractivity contribution in [3.8, 4) is 17.2 Å². The summed E-state index contributed by atoms with van der Waals surface area (Å²) in [7, 11) is 0. The molecule has 0 aliphatic carbocycles. The van der Waals surface area contributed by atoms with Gasteiger partial charge >= 0.3 is 0 Å². The number of rotatable bonds is 4. The molecule has 0 aliphatic heterocycles. The molecule has 0 atom stereocenters. The average Bonchev–Trinajstić information content (AvgIpc) is 2.41. The maximum atomic E-state index is 8.40. The zero-order valence-electron chi connectivity index (χ0n) is 9.17. The van der Waals surface area contributed by atoms with Crippen molar-refractivity contribution in [2.24, 2.45) is 0 Å². The highest BCUT2D eigenvalue weighted by atomic mass is 15.1. The summed E-state index contributed by atoms with van der Waals surface area (Å²) in [4.78, 5) is 12.4. The molecule has 0 radical (unpaired) electrons. The molecule has 0 amide bonds. The van der Waals surface area contributed by atoms with Crippen molar-refractivity contribution in [1.29, 1.82) is 5.26 Å². The highest BCUT2D eigenvalue weighted by Crippen LogP contribution is 2.15. The van der Waals surface area contributed by atoms with Crippen molar-refractivity contribution in [3.05, 3.63) is 36.9 Å². The Bertz CT molecular complexity index is 501. The minimum Gasteiger partial charge on any atom is -0.353 e. The number of nitrogens with one attached hydrogen (secondary N) is 1. The van der Waals surface area contributed by atoms with E-state index in [1.807, 2.05) is 18.2 Å². The lowest BCUT2D eigenvalue weighted by atomic mass is 10.2. The van der Waals surface area contributed by atoms with Crippen molar-refractivity contribution < 1.29 is 0 Å². The second-order valence-corrected chi connectivity index (χ2v) is 3.37. The van der Waals surface area contributed by atoms with Gasteiger partial charge in [0, 0.05) is 42.5 Å². The van der Waals surface area contributed by atoms with Crippen LogP contribution >= 0.6 is 0 Å². The van der Waals surface area contributed by atoms with Gasteiger partial charge in [0.15, 0.2) is 0 Å². The van der Waals surface area contributed by atoms with E-state index in [-0.39, 0.29) is 0 Å². The maximum absolute atomic E-state index is 8.40. The SMILES string of the molecule is N#CCCNc1ncc(-c2cccnc2)cn1. The van der Waals surface area contributed by atoms with Crippen LogP contribution < -0.4 is 5.32 Å². The highest BCUT2D eigenvalue weighted by molar-refractivity contribution is 5.60. The minimum absolute atomic E-state index is 0.438. The predicted octanol–water partition coefficient (Wildman–Crippen LogP) is 1.86. The van der Waals surface area contributed by atoms with Crippen LogP contribution in [0.25, 0.3) is 11.1 Å². The molecule has 0 unspecified atom stereocenters. The molecule has 2 rings (SSSR count). The Kier molecular flexibility index (Phi) is 3.61. The fourth-order valence-electron chi connectivity index (χ4n) is 1.33. The molecule has 0 saturated carbocycles. The minimum atomic E-state index is 0.438. The summed E-state index contributed by atoms with van der Waals surface area (Å²) in [6, 6.07) is 5.87. The smallest absolute Gasteiger partial charge is 0.222 e. The van der Waals surface area contributed by atoms with E-state index in [1.54, 1.807) is 24.8 Å². The molecule has 0 spiro atoms. The molecule has 0 saturated heterocycles. The van der Waals surface area contributed by atoms with Gasteiger partial charge in [-0.2, -0.15) is 5.26 Å². The zero-order valence-corrected chi connectivity index (χ0v) is 9.17. The molecule has 5 nitrogen and oxygen atoms in total. The van der Waals surface area contributed by atoms with Crippen molar-refractivity contribution in [1.82, 2.24) is 15.0 Å². The van der Waals surface area contributed by atoms with Gasteiger partial charge < -0.3 is 5.32 Å². The van der Waals surface area contributed by atoms with E-state index in [4.69, 9.17) is 5.26 Å². The molecule has 0 fully saturated rings. The Balaban J connectivity index is 2.06. The molecule has 1 N–H and O–H groups in total. The number of aromatic nitrogens is 3. The number of nitrogens with zero attached hydrogens (tertiary/aromatic N) is 4. The van der Waals surface area contributed by atoms with E-state index in [2.05, 4.69) is 20.3 Å². The summed E-state index contributed by atoms with van der Waals surface area (Å²) in [5, 5.41) is 11.4. The Hall–Kier alpha value is -2.48. The summed E-state index contributed by atoms with van der Waals surface area (Å²) in [5.41, 5.74) is 1.90. The average molecular weight is 225 g/mol. The lowest BCUT2D eigenvalue weighted by molar-refractivity contribution is 1.02. The van der Waals surface area contributed by atoms with Gasteiger partial charge in [-0.15, -0.1) is 0 Å². The Morgan fingerprint density at radius 3 is 2.65 bits per heavy atom. The van der Waals surface area contributed by atoms with Gasteiger partial charge in [0.05, 0.1) is 12.5 Å². The van der Waals surface area contributed by atoms with Crippen LogP contribution in [0.5, 0.6) is 0 Å². The van der Waals surface area contributed by atoms with E-state index >= 15 is 0 Å². The van der Waals surface area contributed by atoms with E-state index in [0.717, 1.165) is 11.1 Å². The quantitative estimate of drug-likeness (QED) is 0.804. The fourth-order valence-corrected chi connectivity index (χ4v) is 1.33. The number of hydrogen-bond donors (Lipinski definition) is 1. The largest absolute Gasteiger partial charge is 0.353 e. The zero-order chi connectivity index (χ0) is 11.9. The van der Waals surface area contributed by atoms with Crippen LogP contribution in [0.3, 0.4) is 0 Å². The van der Waals surface area contributed by atoms with Crippen molar-refractivity contribution in [2.45, 2.75) is 6.42 Å². The van der Waals surface area contributed by atoms with E-state index < -0.39 is 0 Å². The highest BCUT2D eigenvalue weighted by Gasteiger charge is 1.99. The predicted molar refractivity (Wildman–Crippen MR) is 64.0 cm³/mol. The van der Waals surface area contributed by atoms with Crippen LogP contribution in [0.4, 0.5) is 5.95 Å². The summed E-state index contributed by atoms with van der Waals surface area (Å²) >= 11 is 0. The van der Waals surface area contributed by atoms with E-state index in [0.29, 0.717) is 18.9 Å². The fraction of sp³-hybridized carbons (Fsp3) is 0.167. The molecule has 2 aromatic heterocycles. The Labute approximate surface area is 99.2 Å². The lowest BCUT2D eigenvalue weighted by Crippen LogP contribution is -2.04. The monoisotopic (exact) mass is 225 g/mol. The summed E-state index contributed by atoms with van der Waals surface area (Å²) in [6.07, 6.45) is 7.40. The van der Waals surface area contributed by atoms with Crippen LogP contribution in [-0.4, -0.2) is 21.5 Å². The molecule has 2 aromatic rings. The van der Waals surface area contributed by atoms with Gasteiger partial charge in [0.25, 0.3) is 0 Å². The van der Waals surface area contributed by atoms with Crippen molar-refractivity contribution in [3.63, 3.8) is 0 Å². The van der Waals surface area contributed by atoms with Gasteiger partial charge in [-0.05, 0) is 6.07 Å². The first-order valence-corrected chi connectivity index (χ1v) is 5.23. The third-order valence-corrected chi connectivity index (χ3v) is 2.17. The van der Waals surface area contributed by atoms with Crippen LogP contribution in [0.2, 0.25) is 0 Å². The van der Waals surface area contributed by atoms with Gasteiger partial charge in [0.1, 0.15) is 0 Å². The van der Waals surface area contributed by atoms with Crippen LogP contribution in [-0.2, 0) is 0 Å². The van der Waals surface area contributed by atoms with Gasteiger partial charge in [-0.25, -0.2) is 9.97 Å². The molecular weight excluding hydrogens is 214 g/mol. The Morgan fingerprint density at radius 2 is 2.00 bits per heavy atom. The first-order valence-electron chi connectivity index (χ1n) is 5.23. The van der Waals surface area contributed by atoms with Crippen molar-refractivity contribution >= 4 is 5.95 Å². The van der Waals surface area contributed by atoms with Gasteiger partial charge in [-0.1, -0.05) is 6.07 Å².